The number of hydrogen-bond donors (Lipinski definition) is 2. The summed E-state index contributed by atoms with van der Waals surface area (Å²) in [5.41, 5.74) is 0.841. The van der Waals surface area contributed by atoms with Crippen LogP contribution in [0.5, 0.6) is 5.75 Å². The molecular formula is C13H13F3N2O3. The summed E-state index contributed by atoms with van der Waals surface area (Å²) < 4.78 is 41.5. The third kappa shape index (κ3) is 3.65. The highest BCUT2D eigenvalue weighted by molar-refractivity contribution is 6.01. The van der Waals surface area contributed by atoms with Crippen LogP contribution in [-0.2, 0) is 9.59 Å². The molecule has 1 aliphatic heterocycles. The quantitative estimate of drug-likeness (QED) is 0.894. The number of anilines is 1. The van der Waals surface area contributed by atoms with E-state index >= 15 is 0 Å². The average molecular weight is 302 g/mol. The normalized spacial score (nSPS) is 17.7. The number of hydrogen-bond acceptors (Lipinski definition) is 3. The zero-order valence-corrected chi connectivity index (χ0v) is 11.1. The summed E-state index contributed by atoms with van der Waals surface area (Å²) in [6, 6.07) is 4.68. The van der Waals surface area contributed by atoms with Crippen molar-refractivity contribution in [2.75, 3.05) is 19.0 Å². The predicted octanol–water partition coefficient (Wildman–Crippen LogP) is 1.80. The fourth-order valence-corrected chi connectivity index (χ4v) is 2.11. The Morgan fingerprint density at radius 3 is 2.81 bits per heavy atom. The molecule has 2 amide bonds. The van der Waals surface area contributed by atoms with Gasteiger partial charge in [0.25, 0.3) is 0 Å². The van der Waals surface area contributed by atoms with Crippen molar-refractivity contribution in [2.24, 2.45) is 0 Å². The van der Waals surface area contributed by atoms with Gasteiger partial charge in [0.2, 0.25) is 11.8 Å². The number of rotatable bonds is 3. The highest BCUT2D eigenvalue weighted by Crippen LogP contribution is 2.35. The number of ether oxygens (including phenoxy) is 1. The third-order valence-corrected chi connectivity index (χ3v) is 3.08. The van der Waals surface area contributed by atoms with Gasteiger partial charge < -0.3 is 15.4 Å². The van der Waals surface area contributed by atoms with Crippen molar-refractivity contribution in [3.63, 3.8) is 0 Å². The monoisotopic (exact) mass is 302 g/mol. The Morgan fingerprint density at radius 1 is 1.48 bits per heavy atom. The van der Waals surface area contributed by atoms with Gasteiger partial charge in [0.05, 0.1) is 13.0 Å². The minimum absolute atomic E-state index is 0.205. The molecule has 8 heteroatoms. The molecule has 0 saturated heterocycles. The summed E-state index contributed by atoms with van der Waals surface area (Å²) in [6.07, 6.45) is -4.70. The molecule has 1 aromatic rings. The highest BCUT2D eigenvalue weighted by atomic mass is 19.4. The van der Waals surface area contributed by atoms with Gasteiger partial charge in [0.1, 0.15) is 12.3 Å². The number of alkyl halides is 3. The average Bonchev–Trinajstić information content (AvgIpc) is 2.42. The minimum atomic E-state index is -4.50. The van der Waals surface area contributed by atoms with Crippen LogP contribution in [0.3, 0.4) is 0 Å². The lowest BCUT2D eigenvalue weighted by Gasteiger charge is -2.25. The second kappa shape index (κ2) is 5.63. The van der Waals surface area contributed by atoms with Gasteiger partial charge in [0, 0.05) is 12.1 Å². The Labute approximate surface area is 118 Å². The number of methoxy groups -OCH3 is 1. The maximum Gasteiger partial charge on any atom is 0.405 e. The van der Waals surface area contributed by atoms with Crippen LogP contribution in [-0.4, -0.2) is 31.6 Å². The summed E-state index contributed by atoms with van der Waals surface area (Å²) in [5.74, 6) is -1.76. The smallest absolute Gasteiger partial charge is 0.405 e. The van der Waals surface area contributed by atoms with Gasteiger partial charge in [-0.25, -0.2) is 0 Å². The van der Waals surface area contributed by atoms with Gasteiger partial charge in [-0.05, 0) is 23.8 Å². The van der Waals surface area contributed by atoms with E-state index in [2.05, 4.69) is 5.32 Å². The number of carbonyl (C=O) groups excluding carboxylic acids is 2. The zero-order valence-electron chi connectivity index (χ0n) is 11.1. The maximum atomic E-state index is 12.2. The molecule has 1 aliphatic rings. The lowest BCUT2D eigenvalue weighted by atomic mass is 9.89. The van der Waals surface area contributed by atoms with Crippen LogP contribution in [0.15, 0.2) is 18.2 Å². The molecule has 0 fully saturated rings. The van der Waals surface area contributed by atoms with Crippen molar-refractivity contribution < 1.29 is 27.5 Å². The Kier molecular flexibility index (Phi) is 4.06. The predicted molar refractivity (Wildman–Crippen MR) is 68.0 cm³/mol. The summed E-state index contributed by atoms with van der Waals surface area (Å²) in [7, 11) is 1.43. The van der Waals surface area contributed by atoms with Crippen molar-refractivity contribution in [1.82, 2.24) is 5.32 Å². The summed E-state index contributed by atoms with van der Waals surface area (Å²) in [6.45, 7) is -1.43. The van der Waals surface area contributed by atoms with Gasteiger partial charge in [-0.3, -0.25) is 9.59 Å². The van der Waals surface area contributed by atoms with Gasteiger partial charge in [-0.15, -0.1) is 0 Å². The number of nitrogens with one attached hydrogen (secondary N) is 2. The standard InChI is InChI=1S/C13H13F3N2O3/c1-21-7-2-3-10-8(4-7)9(5-11(19)18-10)12(20)17-6-13(14,15)16/h2-4,9H,5-6H2,1H3,(H,17,20)(H,18,19)/t9-/m0/s1. The molecule has 2 N–H and O–H groups in total. The first-order chi connectivity index (χ1) is 9.80. The highest BCUT2D eigenvalue weighted by Gasteiger charge is 2.34. The molecule has 0 saturated carbocycles. The zero-order chi connectivity index (χ0) is 15.6. The molecule has 0 bridgehead atoms. The fraction of sp³-hybridized carbons (Fsp3) is 0.385. The lowest BCUT2D eigenvalue weighted by molar-refractivity contribution is -0.139. The van der Waals surface area contributed by atoms with E-state index in [1.54, 1.807) is 17.4 Å². The fourth-order valence-electron chi connectivity index (χ4n) is 2.11. The van der Waals surface area contributed by atoms with Crippen molar-refractivity contribution in [3.8, 4) is 5.75 Å². The van der Waals surface area contributed by atoms with Gasteiger partial charge in [-0.1, -0.05) is 0 Å². The van der Waals surface area contributed by atoms with Crippen LogP contribution in [0.1, 0.15) is 17.9 Å². The molecule has 1 atom stereocenters. The number of fused-ring (bicyclic) bond motifs is 1. The SMILES string of the molecule is COc1ccc2c(c1)[C@@H](C(=O)NCC(F)(F)F)CC(=O)N2. The molecule has 0 spiro atoms. The molecule has 1 aromatic carbocycles. The molecular weight excluding hydrogens is 289 g/mol. The van der Waals surface area contributed by atoms with E-state index in [1.807, 2.05) is 0 Å². The van der Waals surface area contributed by atoms with Crippen LogP contribution >= 0.6 is 0 Å². The largest absolute Gasteiger partial charge is 0.497 e. The van der Waals surface area contributed by atoms with Crippen LogP contribution in [0.4, 0.5) is 18.9 Å². The molecule has 0 radical (unpaired) electrons. The number of halogens is 3. The van der Waals surface area contributed by atoms with Crippen LogP contribution < -0.4 is 15.4 Å². The first-order valence-electron chi connectivity index (χ1n) is 6.12. The Bertz CT molecular complexity index is 572. The lowest BCUT2D eigenvalue weighted by Crippen LogP contribution is -2.39. The Balaban J connectivity index is 2.24. The molecule has 2 rings (SSSR count). The van der Waals surface area contributed by atoms with E-state index in [1.165, 1.54) is 13.2 Å². The van der Waals surface area contributed by atoms with E-state index in [9.17, 15) is 22.8 Å². The molecule has 114 valence electrons. The van der Waals surface area contributed by atoms with Gasteiger partial charge >= 0.3 is 6.18 Å². The van der Waals surface area contributed by atoms with E-state index in [4.69, 9.17) is 4.74 Å². The van der Waals surface area contributed by atoms with Crippen molar-refractivity contribution in [2.45, 2.75) is 18.5 Å². The van der Waals surface area contributed by atoms with E-state index in [0.29, 0.717) is 17.0 Å². The Morgan fingerprint density at radius 2 is 2.19 bits per heavy atom. The van der Waals surface area contributed by atoms with Crippen molar-refractivity contribution in [1.29, 1.82) is 0 Å². The third-order valence-electron chi connectivity index (χ3n) is 3.08. The van der Waals surface area contributed by atoms with Gasteiger partial charge in [-0.2, -0.15) is 13.2 Å². The summed E-state index contributed by atoms with van der Waals surface area (Å²) >= 11 is 0. The van der Waals surface area contributed by atoms with E-state index in [0.717, 1.165) is 0 Å². The molecule has 1 heterocycles. The second-order valence-corrected chi connectivity index (χ2v) is 4.59. The summed E-state index contributed by atoms with van der Waals surface area (Å²) in [5, 5.41) is 4.38. The summed E-state index contributed by atoms with van der Waals surface area (Å²) in [4.78, 5) is 23.5. The first kappa shape index (κ1) is 15.1. The maximum absolute atomic E-state index is 12.2. The molecule has 0 aliphatic carbocycles. The van der Waals surface area contributed by atoms with Gasteiger partial charge in [0.15, 0.2) is 0 Å². The van der Waals surface area contributed by atoms with Crippen LogP contribution in [0.25, 0.3) is 0 Å². The molecule has 0 unspecified atom stereocenters. The molecule has 0 aromatic heterocycles. The van der Waals surface area contributed by atoms with Crippen molar-refractivity contribution in [3.05, 3.63) is 23.8 Å². The number of carbonyl (C=O) groups is 2. The molecule has 21 heavy (non-hydrogen) atoms. The van der Waals surface area contributed by atoms with E-state index in [-0.39, 0.29) is 6.42 Å². The number of benzene rings is 1. The van der Waals surface area contributed by atoms with Crippen molar-refractivity contribution >= 4 is 17.5 Å². The number of amides is 2. The second-order valence-electron chi connectivity index (χ2n) is 4.59. The Hall–Kier alpha value is -2.25. The van der Waals surface area contributed by atoms with E-state index < -0.39 is 30.5 Å². The first-order valence-corrected chi connectivity index (χ1v) is 6.12. The van der Waals surface area contributed by atoms with Crippen LogP contribution in [0.2, 0.25) is 0 Å². The van der Waals surface area contributed by atoms with Crippen LogP contribution in [0, 0.1) is 0 Å². The topological polar surface area (TPSA) is 67.4 Å². The molecule has 5 nitrogen and oxygen atoms in total. The minimum Gasteiger partial charge on any atom is -0.497 e.